The van der Waals surface area contributed by atoms with Crippen molar-refractivity contribution in [1.82, 2.24) is 4.57 Å². The zero-order chi connectivity index (χ0) is 15.7. The first-order valence-electron chi connectivity index (χ1n) is 7.38. The van der Waals surface area contributed by atoms with E-state index in [9.17, 15) is 14.7 Å². The maximum absolute atomic E-state index is 12.5. The van der Waals surface area contributed by atoms with Gasteiger partial charge in [0.15, 0.2) is 0 Å². The van der Waals surface area contributed by atoms with Crippen molar-refractivity contribution in [2.45, 2.75) is 25.8 Å². The minimum atomic E-state index is -1.20. The van der Waals surface area contributed by atoms with Gasteiger partial charge in [-0.2, -0.15) is 0 Å². The molecule has 6 nitrogen and oxygen atoms in total. The van der Waals surface area contributed by atoms with Crippen LogP contribution in [0.25, 0.3) is 10.9 Å². The summed E-state index contributed by atoms with van der Waals surface area (Å²) in [6.45, 7) is 1.74. The van der Waals surface area contributed by atoms with Crippen molar-refractivity contribution >= 4 is 16.9 Å². The number of pyridine rings is 1. The van der Waals surface area contributed by atoms with Gasteiger partial charge in [0.2, 0.25) is 5.43 Å². The minimum absolute atomic E-state index is 0.198. The largest absolute Gasteiger partial charge is 0.491 e. The van der Waals surface area contributed by atoms with E-state index in [0.717, 1.165) is 24.8 Å². The molecule has 1 aliphatic rings. The molecule has 22 heavy (non-hydrogen) atoms. The quantitative estimate of drug-likeness (QED) is 0.889. The Kier molecular flexibility index (Phi) is 3.85. The zero-order valence-corrected chi connectivity index (χ0v) is 12.2. The van der Waals surface area contributed by atoms with Gasteiger partial charge in [-0.3, -0.25) is 4.79 Å². The molecule has 0 aliphatic carbocycles. The van der Waals surface area contributed by atoms with E-state index in [1.165, 1.54) is 6.20 Å². The molecular weight excluding hydrogens is 284 g/mol. The van der Waals surface area contributed by atoms with Gasteiger partial charge in [0, 0.05) is 12.7 Å². The summed E-state index contributed by atoms with van der Waals surface area (Å²) in [5.41, 5.74) is 6.51. The number of hydrogen-bond acceptors (Lipinski definition) is 4. The van der Waals surface area contributed by atoms with Gasteiger partial charge in [0.1, 0.15) is 11.3 Å². The van der Waals surface area contributed by atoms with Crippen LogP contribution in [-0.2, 0) is 13.0 Å². The third kappa shape index (κ3) is 2.46. The van der Waals surface area contributed by atoms with E-state index in [0.29, 0.717) is 36.3 Å². The number of carboxylic acid groups (broad SMARTS) is 1. The van der Waals surface area contributed by atoms with E-state index < -0.39 is 11.4 Å². The van der Waals surface area contributed by atoms with E-state index in [4.69, 9.17) is 10.5 Å². The summed E-state index contributed by atoms with van der Waals surface area (Å²) in [5, 5.41) is 9.66. The molecule has 0 saturated heterocycles. The average molecular weight is 302 g/mol. The van der Waals surface area contributed by atoms with Crippen LogP contribution in [-0.4, -0.2) is 28.8 Å². The van der Waals surface area contributed by atoms with Crippen LogP contribution in [0.2, 0.25) is 0 Å². The van der Waals surface area contributed by atoms with Crippen molar-refractivity contribution < 1.29 is 14.6 Å². The van der Waals surface area contributed by atoms with Gasteiger partial charge in [0.05, 0.1) is 17.5 Å². The summed E-state index contributed by atoms with van der Waals surface area (Å²) < 4.78 is 7.57. The number of aromatic carboxylic acids is 1. The molecular formula is C16H18N2O4. The van der Waals surface area contributed by atoms with Crippen molar-refractivity contribution in [3.05, 3.63) is 39.7 Å². The second kappa shape index (κ2) is 5.81. The second-order valence-corrected chi connectivity index (χ2v) is 5.45. The number of benzene rings is 1. The number of carbonyl (C=O) groups is 1. The number of hydrogen-bond donors (Lipinski definition) is 2. The van der Waals surface area contributed by atoms with Crippen LogP contribution in [0, 0.1) is 0 Å². The number of ether oxygens (including phenoxy) is 1. The standard InChI is InChI=1S/C16H18N2O4/c17-4-1-3-10-7-11-14-13(8-10)22-6-2-5-18(14)9-12(15(11)19)16(20)21/h7-9H,1-6,17H2,(H,20,21). The van der Waals surface area contributed by atoms with Crippen LogP contribution >= 0.6 is 0 Å². The Morgan fingerprint density at radius 3 is 2.95 bits per heavy atom. The number of nitrogens with zero attached hydrogens (tertiary/aromatic N) is 1. The summed E-state index contributed by atoms with van der Waals surface area (Å²) in [5.74, 6) is -0.550. The molecule has 0 fully saturated rings. The SMILES string of the molecule is NCCCc1cc2c3c(c1)c(=O)c(C(=O)O)cn3CCCO2. The average Bonchev–Trinajstić information content (AvgIpc) is 2.71. The van der Waals surface area contributed by atoms with Crippen LogP contribution in [0.4, 0.5) is 0 Å². The minimum Gasteiger partial charge on any atom is -0.491 e. The Morgan fingerprint density at radius 2 is 2.23 bits per heavy atom. The van der Waals surface area contributed by atoms with E-state index in [-0.39, 0.29) is 5.56 Å². The predicted molar refractivity (Wildman–Crippen MR) is 82.7 cm³/mol. The van der Waals surface area contributed by atoms with Crippen LogP contribution in [0.5, 0.6) is 5.75 Å². The zero-order valence-electron chi connectivity index (χ0n) is 12.2. The number of carboxylic acids is 1. The van der Waals surface area contributed by atoms with Gasteiger partial charge in [0.25, 0.3) is 0 Å². The molecule has 2 aromatic rings. The highest BCUT2D eigenvalue weighted by Gasteiger charge is 2.20. The first kappa shape index (κ1) is 14.6. The molecule has 0 saturated carbocycles. The molecule has 1 aromatic heterocycles. The lowest BCUT2D eigenvalue weighted by Gasteiger charge is -2.13. The highest BCUT2D eigenvalue weighted by atomic mass is 16.5. The maximum atomic E-state index is 12.5. The molecule has 0 spiro atoms. The van der Waals surface area contributed by atoms with Gasteiger partial charge in [-0.25, -0.2) is 4.79 Å². The van der Waals surface area contributed by atoms with Gasteiger partial charge >= 0.3 is 5.97 Å². The van der Waals surface area contributed by atoms with Gasteiger partial charge in [-0.15, -0.1) is 0 Å². The lowest BCUT2D eigenvalue weighted by molar-refractivity contribution is 0.0695. The van der Waals surface area contributed by atoms with Crippen LogP contribution in [0.3, 0.4) is 0 Å². The Balaban J connectivity index is 2.31. The number of aryl methyl sites for hydroxylation is 2. The van der Waals surface area contributed by atoms with E-state index in [2.05, 4.69) is 0 Å². The Hall–Kier alpha value is -2.34. The normalized spacial score (nSPS) is 13.7. The fraction of sp³-hybridized carbons (Fsp3) is 0.375. The molecule has 0 atom stereocenters. The molecule has 116 valence electrons. The summed E-state index contributed by atoms with van der Waals surface area (Å²) in [6, 6.07) is 3.70. The molecule has 0 unspecified atom stereocenters. The Labute approximate surface area is 127 Å². The fourth-order valence-corrected chi connectivity index (χ4v) is 2.86. The number of rotatable bonds is 4. The van der Waals surface area contributed by atoms with Crippen molar-refractivity contribution in [1.29, 1.82) is 0 Å². The molecule has 1 aliphatic heterocycles. The summed E-state index contributed by atoms with van der Waals surface area (Å²) in [4.78, 5) is 23.8. The molecule has 1 aromatic carbocycles. The molecule has 2 heterocycles. The van der Waals surface area contributed by atoms with Crippen molar-refractivity contribution in [3.63, 3.8) is 0 Å². The van der Waals surface area contributed by atoms with Crippen LogP contribution in [0.1, 0.15) is 28.8 Å². The smallest absolute Gasteiger partial charge is 0.341 e. The summed E-state index contributed by atoms with van der Waals surface area (Å²) in [7, 11) is 0. The van der Waals surface area contributed by atoms with Gasteiger partial charge in [-0.05, 0) is 43.5 Å². The lowest BCUT2D eigenvalue weighted by atomic mass is 10.0. The lowest BCUT2D eigenvalue weighted by Crippen LogP contribution is -2.19. The van der Waals surface area contributed by atoms with Crippen LogP contribution in [0.15, 0.2) is 23.1 Å². The first-order chi connectivity index (χ1) is 10.6. The van der Waals surface area contributed by atoms with E-state index >= 15 is 0 Å². The maximum Gasteiger partial charge on any atom is 0.341 e. The van der Waals surface area contributed by atoms with Crippen molar-refractivity contribution in [2.24, 2.45) is 5.73 Å². The van der Waals surface area contributed by atoms with E-state index in [1.54, 1.807) is 6.07 Å². The van der Waals surface area contributed by atoms with Gasteiger partial charge < -0.3 is 20.1 Å². The fourth-order valence-electron chi connectivity index (χ4n) is 2.86. The summed E-state index contributed by atoms with van der Waals surface area (Å²) in [6.07, 6.45) is 3.73. The molecule has 0 amide bonds. The number of nitrogens with two attached hydrogens (primary N) is 1. The highest BCUT2D eigenvalue weighted by Crippen LogP contribution is 2.29. The predicted octanol–water partition coefficient (Wildman–Crippen LogP) is 1.37. The number of aromatic nitrogens is 1. The van der Waals surface area contributed by atoms with Crippen molar-refractivity contribution in [2.75, 3.05) is 13.2 Å². The second-order valence-electron chi connectivity index (χ2n) is 5.45. The monoisotopic (exact) mass is 302 g/mol. The summed E-state index contributed by atoms with van der Waals surface area (Å²) >= 11 is 0. The molecule has 6 heteroatoms. The van der Waals surface area contributed by atoms with Crippen molar-refractivity contribution in [3.8, 4) is 5.75 Å². The Morgan fingerprint density at radius 1 is 1.41 bits per heavy atom. The topological polar surface area (TPSA) is 94.5 Å². The molecule has 0 radical (unpaired) electrons. The Bertz CT molecular complexity index is 795. The highest BCUT2D eigenvalue weighted by molar-refractivity contribution is 5.94. The molecule has 3 N–H and O–H groups in total. The molecule has 3 rings (SSSR count). The molecule has 0 bridgehead atoms. The first-order valence-corrected chi connectivity index (χ1v) is 7.38. The van der Waals surface area contributed by atoms with Crippen LogP contribution < -0.4 is 15.9 Å². The van der Waals surface area contributed by atoms with Gasteiger partial charge in [-0.1, -0.05) is 0 Å². The third-order valence-electron chi connectivity index (χ3n) is 3.90. The third-order valence-corrected chi connectivity index (χ3v) is 3.90. The van der Waals surface area contributed by atoms with E-state index in [1.807, 2.05) is 10.6 Å².